The number of nitrogens with one attached hydrogen (secondary N) is 3. The fourth-order valence-corrected chi connectivity index (χ4v) is 4.11. The molecule has 30 heavy (non-hydrogen) atoms. The molecular weight excluding hydrogens is 498 g/mol. The van der Waals surface area contributed by atoms with Crippen molar-refractivity contribution in [3.8, 4) is 0 Å². The van der Waals surface area contributed by atoms with E-state index >= 15 is 0 Å². The SMILES string of the molecule is CCNC(=NCCNC(=O)CC1CCCC1)NC1CCN(c2ncccc2F)C1.I. The van der Waals surface area contributed by atoms with E-state index in [4.69, 9.17) is 0 Å². The van der Waals surface area contributed by atoms with Crippen LogP contribution in [0, 0.1) is 11.7 Å². The number of hydrogen-bond donors (Lipinski definition) is 3. The second-order valence-corrected chi connectivity index (χ2v) is 7.85. The summed E-state index contributed by atoms with van der Waals surface area (Å²) in [6.45, 7) is 5.27. The molecule has 1 aromatic heterocycles. The number of hydrogen-bond acceptors (Lipinski definition) is 4. The Bertz CT molecular complexity index is 698. The third-order valence-electron chi connectivity index (χ3n) is 5.56. The Morgan fingerprint density at radius 3 is 2.83 bits per heavy atom. The van der Waals surface area contributed by atoms with Crippen molar-refractivity contribution in [2.75, 3.05) is 37.6 Å². The average Bonchev–Trinajstić information content (AvgIpc) is 3.38. The zero-order chi connectivity index (χ0) is 20.5. The molecule has 3 N–H and O–H groups in total. The number of guanidine groups is 1. The monoisotopic (exact) mass is 532 g/mol. The molecule has 1 unspecified atom stereocenters. The number of halogens is 2. The van der Waals surface area contributed by atoms with Crippen LogP contribution in [0.25, 0.3) is 0 Å². The second-order valence-electron chi connectivity index (χ2n) is 7.85. The molecule has 0 aromatic carbocycles. The van der Waals surface area contributed by atoms with Crippen molar-refractivity contribution in [3.63, 3.8) is 0 Å². The van der Waals surface area contributed by atoms with Gasteiger partial charge in [-0.2, -0.15) is 0 Å². The maximum absolute atomic E-state index is 14.0. The van der Waals surface area contributed by atoms with Gasteiger partial charge in [0.25, 0.3) is 0 Å². The molecule has 1 amide bonds. The Kier molecular flexibility index (Phi) is 10.6. The van der Waals surface area contributed by atoms with E-state index in [1.165, 1.54) is 31.7 Å². The van der Waals surface area contributed by atoms with Crippen molar-refractivity contribution < 1.29 is 9.18 Å². The van der Waals surface area contributed by atoms with Crippen LogP contribution in [0.15, 0.2) is 23.3 Å². The lowest BCUT2D eigenvalue weighted by atomic mass is 10.0. The van der Waals surface area contributed by atoms with Gasteiger partial charge in [-0.3, -0.25) is 9.79 Å². The number of carbonyl (C=O) groups excluding carboxylic acids is 1. The van der Waals surface area contributed by atoms with Crippen LogP contribution >= 0.6 is 24.0 Å². The summed E-state index contributed by atoms with van der Waals surface area (Å²) >= 11 is 0. The minimum atomic E-state index is -0.290. The lowest BCUT2D eigenvalue weighted by Crippen LogP contribution is -2.45. The van der Waals surface area contributed by atoms with Crippen molar-refractivity contribution in [1.82, 2.24) is 20.9 Å². The number of anilines is 1. The van der Waals surface area contributed by atoms with E-state index in [-0.39, 0.29) is 41.7 Å². The number of rotatable bonds is 8. The summed E-state index contributed by atoms with van der Waals surface area (Å²) in [4.78, 5) is 22.7. The molecule has 0 radical (unpaired) electrons. The molecule has 2 aliphatic rings. The fourth-order valence-electron chi connectivity index (χ4n) is 4.11. The van der Waals surface area contributed by atoms with E-state index in [0.29, 0.717) is 37.8 Å². The highest BCUT2D eigenvalue weighted by Crippen LogP contribution is 2.27. The molecule has 1 saturated carbocycles. The summed E-state index contributed by atoms with van der Waals surface area (Å²) in [6.07, 6.45) is 8.02. The summed E-state index contributed by atoms with van der Waals surface area (Å²) in [5.74, 6) is 1.54. The number of carbonyl (C=O) groups is 1. The molecule has 168 valence electrons. The van der Waals surface area contributed by atoms with Gasteiger partial charge in [0.15, 0.2) is 17.6 Å². The van der Waals surface area contributed by atoms with Crippen LogP contribution in [0.1, 0.15) is 45.4 Å². The predicted molar refractivity (Wildman–Crippen MR) is 129 cm³/mol. The Morgan fingerprint density at radius 1 is 1.30 bits per heavy atom. The lowest BCUT2D eigenvalue weighted by Gasteiger charge is -2.20. The van der Waals surface area contributed by atoms with Gasteiger partial charge in [0.05, 0.1) is 6.54 Å². The number of aliphatic imine (C=N–C) groups is 1. The fraction of sp³-hybridized carbons (Fsp3) is 0.667. The molecule has 9 heteroatoms. The third-order valence-corrected chi connectivity index (χ3v) is 5.56. The molecule has 2 fully saturated rings. The normalized spacial score (nSPS) is 19.5. The van der Waals surface area contributed by atoms with E-state index in [1.807, 2.05) is 11.8 Å². The van der Waals surface area contributed by atoms with Crippen LogP contribution in [-0.2, 0) is 4.79 Å². The van der Waals surface area contributed by atoms with Gasteiger partial charge in [0.1, 0.15) is 0 Å². The Hall–Kier alpha value is -1.65. The first-order valence-corrected chi connectivity index (χ1v) is 10.8. The molecule has 7 nitrogen and oxygen atoms in total. The quantitative estimate of drug-likeness (QED) is 0.208. The van der Waals surface area contributed by atoms with E-state index < -0.39 is 0 Å². The highest BCUT2D eigenvalue weighted by molar-refractivity contribution is 14.0. The summed E-state index contributed by atoms with van der Waals surface area (Å²) in [5, 5.41) is 9.63. The highest BCUT2D eigenvalue weighted by Gasteiger charge is 2.26. The van der Waals surface area contributed by atoms with Crippen LogP contribution in [0.5, 0.6) is 0 Å². The summed E-state index contributed by atoms with van der Waals surface area (Å²) < 4.78 is 14.0. The lowest BCUT2D eigenvalue weighted by molar-refractivity contribution is -0.121. The molecule has 1 saturated heterocycles. The van der Waals surface area contributed by atoms with Crippen LogP contribution < -0.4 is 20.9 Å². The first-order chi connectivity index (χ1) is 14.2. The highest BCUT2D eigenvalue weighted by atomic mass is 127. The van der Waals surface area contributed by atoms with Gasteiger partial charge < -0.3 is 20.9 Å². The van der Waals surface area contributed by atoms with Crippen LogP contribution in [0.4, 0.5) is 10.2 Å². The molecular formula is C21H34FIN6O. The summed E-state index contributed by atoms with van der Waals surface area (Å²) in [5.41, 5.74) is 0. The molecule has 0 bridgehead atoms. The maximum atomic E-state index is 14.0. The van der Waals surface area contributed by atoms with Crippen LogP contribution in [-0.4, -0.2) is 55.6 Å². The Balaban J connectivity index is 0.00000320. The Labute approximate surface area is 195 Å². The second kappa shape index (κ2) is 12.9. The number of nitrogens with zero attached hydrogens (tertiary/aromatic N) is 3. The van der Waals surface area contributed by atoms with Crippen molar-refractivity contribution in [2.24, 2.45) is 10.9 Å². The molecule has 0 spiro atoms. The molecule has 1 aliphatic heterocycles. The standard InChI is InChI=1S/C21H33FN6O.HI/c1-2-23-21(26-12-11-24-19(29)14-16-6-3-4-7-16)27-17-9-13-28(15-17)20-18(22)8-5-10-25-20;/h5,8,10,16-17H,2-4,6-7,9,11-15H2,1H3,(H,24,29)(H2,23,26,27);1H. The van der Waals surface area contributed by atoms with E-state index in [1.54, 1.807) is 12.3 Å². The van der Waals surface area contributed by atoms with Gasteiger partial charge in [-0.25, -0.2) is 9.37 Å². The molecule has 1 atom stereocenters. The average molecular weight is 532 g/mol. The van der Waals surface area contributed by atoms with Gasteiger partial charge >= 0.3 is 0 Å². The van der Waals surface area contributed by atoms with Gasteiger partial charge in [-0.15, -0.1) is 24.0 Å². The molecule has 1 aliphatic carbocycles. The van der Waals surface area contributed by atoms with Crippen molar-refractivity contribution >= 4 is 41.7 Å². The third kappa shape index (κ3) is 7.55. The smallest absolute Gasteiger partial charge is 0.220 e. The van der Waals surface area contributed by atoms with Crippen molar-refractivity contribution in [3.05, 3.63) is 24.1 Å². The number of aromatic nitrogens is 1. The van der Waals surface area contributed by atoms with E-state index in [0.717, 1.165) is 25.5 Å². The number of pyridine rings is 1. The van der Waals surface area contributed by atoms with E-state index in [9.17, 15) is 9.18 Å². The first kappa shape index (κ1) is 24.6. The predicted octanol–water partition coefficient (Wildman–Crippen LogP) is 2.67. The topological polar surface area (TPSA) is 81.6 Å². The largest absolute Gasteiger partial charge is 0.357 e. The molecule has 2 heterocycles. The summed E-state index contributed by atoms with van der Waals surface area (Å²) in [7, 11) is 0. The first-order valence-electron chi connectivity index (χ1n) is 10.8. The Morgan fingerprint density at radius 2 is 2.10 bits per heavy atom. The van der Waals surface area contributed by atoms with Gasteiger partial charge in [-0.05, 0) is 44.2 Å². The minimum Gasteiger partial charge on any atom is -0.357 e. The number of amides is 1. The van der Waals surface area contributed by atoms with Crippen LogP contribution in [0.2, 0.25) is 0 Å². The van der Waals surface area contributed by atoms with Crippen molar-refractivity contribution in [2.45, 2.75) is 51.5 Å². The van der Waals surface area contributed by atoms with Gasteiger partial charge in [0.2, 0.25) is 5.91 Å². The van der Waals surface area contributed by atoms with E-state index in [2.05, 4.69) is 25.9 Å². The maximum Gasteiger partial charge on any atom is 0.220 e. The zero-order valence-corrected chi connectivity index (χ0v) is 20.0. The molecule has 1 aromatic rings. The summed E-state index contributed by atoms with van der Waals surface area (Å²) in [6, 6.07) is 3.22. The molecule has 3 rings (SSSR count). The minimum absolute atomic E-state index is 0. The van der Waals surface area contributed by atoms with Gasteiger partial charge in [0, 0.05) is 44.8 Å². The van der Waals surface area contributed by atoms with Crippen LogP contribution in [0.3, 0.4) is 0 Å². The van der Waals surface area contributed by atoms with Crippen molar-refractivity contribution in [1.29, 1.82) is 0 Å². The zero-order valence-electron chi connectivity index (χ0n) is 17.7. The van der Waals surface area contributed by atoms with Gasteiger partial charge in [-0.1, -0.05) is 12.8 Å².